The van der Waals surface area contributed by atoms with E-state index in [9.17, 15) is 4.79 Å². The van der Waals surface area contributed by atoms with E-state index in [4.69, 9.17) is 15.0 Å². The number of rotatable bonds is 9. The van der Waals surface area contributed by atoms with Crippen molar-refractivity contribution in [2.75, 3.05) is 31.6 Å². The van der Waals surface area contributed by atoms with Gasteiger partial charge in [-0.3, -0.25) is 0 Å². The van der Waals surface area contributed by atoms with Gasteiger partial charge in [0.2, 0.25) is 5.95 Å². The number of nitrogens with one attached hydrogen (secondary N) is 1. The van der Waals surface area contributed by atoms with Crippen LogP contribution in [0.15, 0.2) is 72.8 Å². The molecule has 7 nitrogen and oxygen atoms in total. The molecule has 5 rings (SSSR count). The van der Waals surface area contributed by atoms with Crippen molar-refractivity contribution < 1.29 is 9.53 Å². The number of para-hydroxylation sites is 2. The molecule has 0 atom stereocenters. The van der Waals surface area contributed by atoms with Gasteiger partial charge in [0.05, 0.1) is 41.4 Å². The van der Waals surface area contributed by atoms with Crippen LogP contribution < -0.4 is 5.32 Å². The summed E-state index contributed by atoms with van der Waals surface area (Å²) in [5.41, 5.74) is 5.73. The molecule has 1 aliphatic rings. The fraction of sp³-hybridized carbons (Fsp3) is 0.323. The number of benzene rings is 3. The quantitative estimate of drug-likeness (QED) is 0.312. The minimum atomic E-state index is -0.265. The average Bonchev–Trinajstić information content (AvgIpc) is 3.30. The minimum absolute atomic E-state index is 0.265. The van der Waals surface area contributed by atoms with Gasteiger partial charge in [0.1, 0.15) is 0 Å². The van der Waals surface area contributed by atoms with Gasteiger partial charge in [-0.25, -0.2) is 9.78 Å². The molecule has 7 heteroatoms. The number of esters is 1. The van der Waals surface area contributed by atoms with E-state index < -0.39 is 0 Å². The highest BCUT2D eigenvalue weighted by atomic mass is 16.5. The molecule has 2 heterocycles. The Hall–Kier alpha value is -4.15. The summed E-state index contributed by atoms with van der Waals surface area (Å²) < 4.78 is 7.31. The molecule has 1 fully saturated rings. The molecule has 3 aromatic carbocycles. The molecule has 194 valence electrons. The summed E-state index contributed by atoms with van der Waals surface area (Å²) in [6, 6.07) is 26.3. The predicted octanol–water partition coefficient (Wildman–Crippen LogP) is 5.25. The molecule has 1 saturated heterocycles. The zero-order valence-electron chi connectivity index (χ0n) is 21.8. The third kappa shape index (κ3) is 6.04. The number of likely N-dealkylation sites (tertiary alicyclic amines) is 1. The number of carbonyl (C=O) groups excluding carboxylic acids is 1. The first-order valence-electron chi connectivity index (χ1n) is 13.3. The van der Waals surface area contributed by atoms with Gasteiger partial charge in [0, 0.05) is 25.7 Å². The van der Waals surface area contributed by atoms with Crippen LogP contribution in [0.25, 0.3) is 11.0 Å². The van der Waals surface area contributed by atoms with E-state index in [1.807, 2.05) is 67.6 Å². The largest absolute Gasteiger partial charge is 0.462 e. The van der Waals surface area contributed by atoms with Crippen LogP contribution in [0.2, 0.25) is 0 Å². The van der Waals surface area contributed by atoms with Crippen LogP contribution in [0.5, 0.6) is 0 Å². The Balaban J connectivity index is 1.18. The molecule has 0 spiro atoms. The molecular formula is C31H33N5O2. The van der Waals surface area contributed by atoms with Crippen LogP contribution in [-0.2, 0) is 17.7 Å². The maximum absolute atomic E-state index is 11.9. The second-order valence-electron chi connectivity index (χ2n) is 9.75. The number of aromatic nitrogens is 2. The van der Waals surface area contributed by atoms with Gasteiger partial charge >= 0.3 is 5.97 Å². The zero-order chi connectivity index (χ0) is 26.3. The smallest absolute Gasteiger partial charge is 0.338 e. The Morgan fingerprint density at radius 1 is 1.03 bits per heavy atom. The number of fused-ring (bicyclic) bond motifs is 1. The summed E-state index contributed by atoms with van der Waals surface area (Å²) in [5.74, 6) is 0.634. The Labute approximate surface area is 223 Å². The summed E-state index contributed by atoms with van der Waals surface area (Å²) in [7, 11) is 0. The van der Waals surface area contributed by atoms with Crippen LogP contribution in [0.1, 0.15) is 46.8 Å². The lowest BCUT2D eigenvalue weighted by molar-refractivity contribution is 0.0526. The van der Waals surface area contributed by atoms with Gasteiger partial charge in [-0.2, -0.15) is 5.26 Å². The summed E-state index contributed by atoms with van der Waals surface area (Å²) >= 11 is 0. The van der Waals surface area contributed by atoms with Crippen molar-refractivity contribution in [3.8, 4) is 6.07 Å². The van der Waals surface area contributed by atoms with Crippen LogP contribution in [0.3, 0.4) is 0 Å². The third-order valence-corrected chi connectivity index (χ3v) is 7.18. The van der Waals surface area contributed by atoms with E-state index in [0.29, 0.717) is 30.3 Å². The lowest BCUT2D eigenvalue weighted by Gasteiger charge is -2.32. The first-order chi connectivity index (χ1) is 18.6. The van der Waals surface area contributed by atoms with E-state index in [1.165, 1.54) is 5.56 Å². The van der Waals surface area contributed by atoms with Crippen LogP contribution >= 0.6 is 0 Å². The number of piperidine rings is 1. The highest BCUT2D eigenvalue weighted by molar-refractivity contribution is 5.89. The predicted molar refractivity (Wildman–Crippen MR) is 149 cm³/mol. The number of hydrogen-bond donors (Lipinski definition) is 1. The number of ether oxygens (including phenoxy) is 1. The standard InChI is InChI=1S/C31H33N5O2/c1-2-38-30(37)26-13-11-23(12-14-26)15-18-35-19-16-27(17-20-35)33-31-34-28-5-3-4-6-29(28)36(31)22-25-9-7-24(21-32)8-10-25/h3-14,27H,2,15-20,22H2,1H3,(H,33,34). The SMILES string of the molecule is CCOC(=O)c1ccc(CCN2CCC(Nc3nc4ccccc4n3Cc3ccc(C#N)cc3)CC2)cc1. The number of nitriles is 1. The molecule has 0 amide bonds. The maximum Gasteiger partial charge on any atom is 0.338 e. The van der Waals surface area contributed by atoms with Crippen molar-refractivity contribution in [3.63, 3.8) is 0 Å². The van der Waals surface area contributed by atoms with Crippen molar-refractivity contribution >= 4 is 23.0 Å². The van der Waals surface area contributed by atoms with Gasteiger partial charge in [-0.1, -0.05) is 36.4 Å². The molecule has 0 saturated carbocycles. The monoisotopic (exact) mass is 507 g/mol. The molecule has 1 aromatic heterocycles. The number of nitrogens with zero attached hydrogens (tertiary/aromatic N) is 4. The Morgan fingerprint density at radius 3 is 2.45 bits per heavy atom. The van der Waals surface area contributed by atoms with Crippen molar-refractivity contribution in [2.24, 2.45) is 0 Å². The minimum Gasteiger partial charge on any atom is -0.462 e. The normalized spacial score (nSPS) is 14.3. The van der Waals surface area contributed by atoms with E-state index in [-0.39, 0.29) is 5.97 Å². The molecule has 0 unspecified atom stereocenters. The van der Waals surface area contributed by atoms with Crippen molar-refractivity contribution in [2.45, 2.75) is 38.8 Å². The average molecular weight is 508 g/mol. The van der Waals surface area contributed by atoms with Gasteiger partial charge in [-0.05, 0) is 73.7 Å². The number of hydrogen-bond acceptors (Lipinski definition) is 6. The lowest BCUT2D eigenvalue weighted by atomic mass is 10.0. The highest BCUT2D eigenvalue weighted by Gasteiger charge is 2.21. The van der Waals surface area contributed by atoms with E-state index in [1.54, 1.807) is 0 Å². The molecule has 0 bridgehead atoms. The number of anilines is 1. The lowest BCUT2D eigenvalue weighted by Crippen LogP contribution is -2.40. The van der Waals surface area contributed by atoms with Crippen molar-refractivity contribution in [1.29, 1.82) is 5.26 Å². The zero-order valence-corrected chi connectivity index (χ0v) is 21.8. The first-order valence-corrected chi connectivity index (χ1v) is 13.3. The van der Waals surface area contributed by atoms with Crippen LogP contribution in [0, 0.1) is 11.3 Å². The molecule has 38 heavy (non-hydrogen) atoms. The highest BCUT2D eigenvalue weighted by Crippen LogP contribution is 2.24. The number of imidazole rings is 1. The van der Waals surface area contributed by atoms with Crippen LogP contribution in [-0.4, -0.2) is 52.7 Å². The molecule has 0 radical (unpaired) electrons. The second-order valence-corrected chi connectivity index (χ2v) is 9.75. The molecule has 1 N–H and O–H groups in total. The van der Waals surface area contributed by atoms with Gasteiger partial charge < -0.3 is 19.5 Å². The van der Waals surface area contributed by atoms with E-state index >= 15 is 0 Å². The Morgan fingerprint density at radius 2 is 1.74 bits per heavy atom. The summed E-state index contributed by atoms with van der Waals surface area (Å²) in [5, 5.41) is 12.8. The fourth-order valence-electron chi connectivity index (χ4n) is 5.01. The van der Waals surface area contributed by atoms with Gasteiger partial charge in [0.15, 0.2) is 0 Å². The number of carbonyl (C=O) groups is 1. The van der Waals surface area contributed by atoms with Gasteiger partial charge in [0.25, 0.3) is 0 Å². The van der Waals surface area contributed by atoms with Crippen molar-refractivity contribution in [1.82, 2.24) is 14.5 Å². The fourth-order valence-corrected chi connectivity index (χ4v) is 5.01. The van der Waals surface area contributed by atoms with Gasteiger partial charge in [-0.15, -0.1) is 0 Å². The summed E-state index contributed by atoms with van der Waals surface area (Å²) in [6.45, 7) is 5.98. The first kappa shape index (κ1) is 25.5. The molecule has 4 aromatic rings. The molecule has 0 aliphatic carbocycles. The Kier molecular flexibility index (Phi) is 8.01. The maximum atomic E-state index is 11.9. The summed E-state index contributed by atoms with van der Waals surface area (Å²) in [4.78, 5) is 19.3. The van der Waals surface area contributed by atoms with Crippen molar-refractivity contribution in [3.05, 3.63) is 95.1 Å². The second kappa shape index (κ2) is 11.9. The topological polar surface area (TPSA) is 83.2 Å². The van der Waals surface area contributed by atoms with Crippen LogP contribution in [0.4, 0.5) is 5.95 Å². The van der Waals surface area contributed by atoms with E-state index in [0.717, 1.165) is 61.4 Å². The summed E-state index contributed by atoms with van der Waals surface area (Å²) in [6.07, 6.45) is 3.07. The molecule has 1 aliphatic heterocycles. The molecular weight excluding hydrogens is 474 g/mol. The van der Waals surface area contributed by atoms with E-state index in [2.05, 4.69) is 33.0 Å². The Bertz CT molecular complexity index is 1410. The third-order valence-electron chi connectivity index (χ3n) is 7.18.